The Morgan fingerprint density at radius 1 is 1.85 bits per heavy atom. The highest BCUT2D eigenvalue weighted by Crippen LogP contribution is 2.04. The molecule has 1 atom stereocenters. The summed E-state index contributed by atoms with van der Waals surface area (Å²) >= 11 is 0. The van der Waals surface area contributed by atoms with Crippen molar-refractivity contribution in [2.75, 3.05) is 12.3 Å². The number of carbonyl (C=O) groups excluding carboxylic acids is 1. The number of nitrogens with zero attached hydrogens (tertiary/aromatic N) is 2. The van der Waals surface area contributed by atoms with Crippen LogP contribution in [0, 0.1) is 0 Å². The van der Waals surface area contributed by atoms with Crippen LogP contribution >= 0.6 is 0 Å². The van der Waals surface area contributed by atoms with Gasteiger partial charge in [0.1, 0.15) is 11.9 Å². The van der Waals surface area contributed by atoms with Crippen LogP contribution in [0.4, 0.5) is 10.6 Å². The van der Waals surface area contributed by atoms with Gasteiger partial charge in [0.2, 0.25) is 0 Å². The number of hydrogen-bond donors (Lipinski definition) is 2. The van der Waals surface area contributed by atoms with Crippen molar-refractivity contribution in [3.63, 3.8) is 0 Å². The molecule has 0 bridgehead atoms. The molecule has 1 aliphatic heterocycles. The molecule has 2 rings (SSSR count). The third-order valence-corrected chi connectivity index (χ3v) is 1.80. The van der Waals surface area contributed by atoms with Crippen LogP contribution in [0.15, 0.2) is 12.3 Å². The van der Waals surface area contributed by atoms with Crippen molar-refractivity contribution in [3.05, 3.63) is 12.3 Å². The first-order valence-corrected chi connectivity index (χ1v) is 3.97. The zero-order valence-corrected chi connectivity index (χ0v) is 6.93. The molecule has 1 fully saturated rings. The standard InChI is InChI=1S/C7H10N4O2/c8-6-1-2-11(10-6)4-5-3-9-7(12)13-5/h1-2,5H,3-4H2,(H2,8,10)(H,9,12). The number of cyclic esters (lactones) is 1. The van der Waals surface area contributed by atoms with Crippen LogP contribution in [0.25, 0.3) is 0 Å². The lowest BCUT2D eigenvalue weighted by molar-refractivity contribution is 0.129. The van der Waals surface area contributed by atoms with Gasteiger partial charge in [0, 0.05) is 6.20 Å². The lowest BCUT2D eigenvalue weighted by atomic mass is 10.4. The average Bonchev–Trinajstić information content (AvgIpc) is 2.62. The fourth-order valence-corrected chi connectivity index (χ4v) is 1.22. The fourth-order valence-electron chi connectivity index (χ4n) is 1.22. The van der Waals surface area contributed by atoms with Crippen LogP contribution in [-0.2, 0) is 11.3 Å². The van der Waals surface area contributed by atoms with E-state index in [1.807, 2.05) is 0 Å². The Morgan fingerprint density at radius 2 is 2.69 bits per heavy atom. The van der Waals surface area contributed by atoms with Gasteiger partial charge in [0.15, 0.2) is 0 Å². The summed E-state index contributed by atoms with van der Waals surface area (Å²) in [4.78, 5) is 10.7. The average molecular weight is 182 g/mol. The minimum atomic E-state index is -0.370. The van der Waals surface area contributed by atoms with Crippen LogP contribution in [0.1, 0.15) is 0 Å². The number of carbonyl (C=O) groups is 1. The summed E-state index contributed by atoms with van der Waals surface area (Å²) in [5.41, 5.74) is 5.42. The Kier molecular flexibility index (Phi) is 1.80. The van der Waals surface area contributed by atoms with E-state index >= 15 is 0 Å². The topological polar surface area (TPSA) is 82.2 Å². The van der Waals surface area contributed by atoms with E-state index in [0.29, 0.717) is 18.9 Å². The van der Waals surface area contributed by atoms with Gasteiger partial charge in [-0.15, -0.1) is 0 Å². The molecule has 1 aliphatic rings. The Hall–Kier alpha value is -1.72. The summed E-state index contributed by atoms with van der Waals surface area (Å²) in [6, 6.07) is 1.70. The first kappa shape index (κ1) is 7.90. The predicted molar refractivity (Wildman–Crippen MR) is 44.9 cm³/mol. The van der Waals surface area contributed by atoms with Crippen LogP contribution in [0.2, 0.25) is 0 Å². The Bertz CT molecular complexity index is 322. The highest BCUT2D eigenvalue weighted by atomic mass is 16.6. The zero-order chi connectivity index (χ0) is 9.26. The number of amides is 1. The molecular weight excluding hydrogens is 172 g/mol. The van der Waals surface area contributed by atoms with Gasteiger partial charge < -0.3 is 15.8 Å². The SMILES string of the molecule is Nc1ccn(CC2CNC(=O)O2)n1. The lowest BCUT2D eigenvalue weighted by Crippen LogP contribution is -2.20. The zero-order valence-electron chi connectivity index (χ0n) is 6.93. The van der Waals surface area contributed by atoms with Crippen molar-refractivity contribution in [2.24, 2.45) is 0 Å². The van der Waals surface area contributed by atoms with Crippen molar-refractivity contribution >= 4 is 11.9 Å². The van der Waals surface area contributed by atoms with Crippen molar-refractivity contribution in [2.45, 2.75) is 12.6 Å². The van der Waals surface area contributed by atoms with Crippen LogP contribution in [0.3, 0.4) is 0 Å². The van der Waals surface area contributed by atoms with Gasteiger partial charge in [-0.1, -0.05) is 0 Å². The number of nitrogens with one attached hydrogen (secondary N) is 1. The number of alkyl carbamates (subject to hydrolysis) is 1. The predicted octanol–water partition coefficient (Wildman–Crippen LogP) is -0.426. The highest BCUT2D eigenvalue weighted by molar-refractivity contribution is 5.69. The van der Waals surface area contributed by atoms with Crippen LogP contribution < -0.4 is 11.1 Å². The molecule has 70 valence electrons. The molecule has 0 spiro atoms. The summed E-state index contributed by atoms with van der Waals surface area (Å²) in [6.07, 6.45) is 1.23. The van der Waals surface area contributed by atoms with Gasteiger partial charge in [0.05, 0.1) is 13.1 Å². The molecule has 0 aliphatic carbocycles. The van der Waals surface area contributed by atoms with E-state index in [1.54, 1.807) is 16.9 Å². The smallest absolute Gasteiger partial charge is 0.407 e. The molecule has 1 aromatic rings. The van der Waals surface area contributed by atoms with E-state index in [2.05, 4.69) is 10.4 Å². The second kappa shape index (κ2) is 2.96. The molecule has 3 N–H and O–H groups in total. The third kappa shape index (κ3) is 1.71. The first-order chi connectivity index (χ1) is 6.24. The maximum atomic E-state index is 10.7. The molecule has 1 amide bonds. The number of anilines is 1. The van der Waals surface area contributed by atoms with Gasteiger partial charge in [-0.05, 0) is 6.07 Å². The molecule has 2 heterocycles. The van der Waals surface area contributed by atoms with Gasteiger partial charge in [-0.2, -0.15) is 5.10 Å². The van der Waals surface area contributed by atoms with Crippen molar-refractivity contribution in [1.82, 2.24) is 15.1 Å². The van der Waals surface area contributed by atoms with Gasteiger partial charge in [-0.3, -0.25) is 4.68 Å². The van der Waals surface area contributed by atoms with E-state index in [9.17, 15) is 4.79 Å². The minimum Gasteiger partial charge on any atom is -0.442 e. The molecular formula is C7H10N4O2. The Balaban J connectivity index is 1.95. The molecule has 6 heteroatoms. The number of aromatic nitrogens is 2. The van der Waals surface area contributed by atoms with Crippen LogP contribution in [0.5, 0.6) is 0 Å². The van der Waals surface area contributed by atoms with Crippen molar-refractivity contribution in [3.8, 4) is 0 Å². The maximum absolute atomic E-state index is 10.7. The normalized spacial score (nSPS) is 21.2. The number of ether oxygens (including phenoxy) is 1. The first-order valence-electron chi connectivity index (χ1n) is 3.97. The second-order valence-corrected chi connectivity index (χ2v) is 2.87. The summed E-state index contributed by atoms with van der Waals surface area (Å²) in [7, 11) is 0. The van der Waals surface area contributed by atoms with Crippen molar-refractivity contribution in [1.29, 1.82) is 0 Å². The lowest BCUT2D eigenvalue weighted by Gasteiger charge is -2.06. The molecule has 13 heavy (non-hydrogen) atoms. The minimum absolute atomic E-state index is 0.146. The van der Waals surface area contributed by atoms with Crippen molar-refractivity contribution < 1.29 is 9.53 Å². The number of nitrogen functional groups attached to an aromatic ring is 1. The third-order valence-electron chi connectivity index (χ3n) is 1.80. The highest BCUT2D eigenvalue weighted by Gasteiger charge is 2.22. The summed E-state index contributed by atoms with van der Waals surface area (Å²) < 4.78 is 6.58. The number of rotatable bonds is 2. The summed E-state index contributed by atoms with van der Waals surface area (Å²) in [5, 5.41) is 6.54. The Morgan fingerprint density at radius 3 is 3.23 bits per heavy atom. The summed E-state index contributed by atoms with van der Waals surface area (Å²) in [6.45, 7) is 1.06. The molecule has 6 nitrogen and oxygen atoms in total. The number of hydrogen-bond acceptors (Lipinski definition) is 4. The molecule has 0 aromatic carbocycles. The van der Waals surface area contributed by atoms with Crippen LogP contribution in [-0.4, -0.2) is 28.5 Å². The van der Waals surface area contributed by atoms with E-state index in [-0.39, 0.29) is 12.2 Å². The van der Waals surface area contributed by atoms with Gasteiger partial charge in [-0.25, -0.2) is 4.79 Å². The maximum Gasteiger partial charge on any atom is 0.407 e. The molecule has 0 radical (unpaired) electrons. The largest absolute Gasteiger partial charge is 0.442 e. The molecule has 1 aromatic heterocycles. The summed E-state index contributed by atoms with van der Waals surface area (Å²) in [5.74, 6) is 0.470. The molecule has 1 unspecified atom stereocenters. The monoisotopic (exact) mass is 182 g/mol. The van der Waals surface area contributed by atoms with Gasteiger partial charge >= 0.3 is 6.09 Å². The fraction of sp³-hybridized carbons (Fsp3) is 0.429. The molecule has 1 saturated heterocycles. The Labute approximate surface area is 74.7 Å². The second-order valence-electron chi connectivity index (χ2n) is 2.87. The quantitative estimate of drug-likeness (QED) is 0.650. The number of nitrogens with two attached hydrogens (primary N) is 1. The van der Waals surface area contributed by atoms with Gasteiger partial charge in [0.25, 0.3) is 0 Å². The van der Waals surface area contributed by atoms with E-state index in [1.165, 1.54) is 0 Å². The molecule has 0 saturated carbocycles. The van der Waals surface area contributed by atoms with E-state index < -0.39 is 0 Å². The van der Waals surface area contributed by atoms with E-state index in [0.717, 1.165) is 0 Å². The van der Waals surface area contributed by atoms with E-state index in [4.69, 9.17) is 10.5 Å².